The van der Waals surface area contributed by atoms with E-state index in [2.05, 4.69) is 15.9 Å². The van der Waals surface area contributed by atoms with E-state index in [1.165, 1.54) is 0 Å². The Bertz CT molecular complexity index is 654. The van der Waals surface area contributed by atoms with Crippen LogP contribution in [-0.2, 0) is 0 Å². The summed E-state index contributed by atoms with van der Waals surface area (Å²) < 4.78 is 12.2. The fourth-order valence-electron chi connectivity index (χ4n) is 2.40. The fraction of sp³-hybridized carbons (Fsp3) is 0.294. The minimum absolute atomic E-state index is 0.640. The molecule has 2 aromatic rings. The van der Waals surface area contributed by atoms with E-state index >= 15 is 0 Å². The Morgan fingerprint density at radius 2 is 1.81 bits per heavy atom. The van der Waals surface area contributed by atoms with Gasteiger partial charge in [0.2, 0.25) is 0 Å². The van der Waals surface area contributed by atoms with Crippen LogP contribution in [0.5, 0.6) is 11.5 Å². The Kier molecular flexibility index (Phi) is 4.17. The van der Waals surface area contributed by atoms with Gasteiger partial charge in [0.15, 0.2) is 11.5 Å². The fourth-order valence-corrected chi connectivity index (χ4v) is 2.87. The summed E-state index contributed by atoms with van der Waals surface area (Å²) in [6.45, 7) is 3.32. The number of aliphatic hydroxyl groups is 1. The molecule has 3 rings (SSSR count). The van der Waals surface area contributed by atoms with Crippen molar-refractivity contribution in [3.8, 4) is 11.5 Å². The lowest BCUT2D eigenvalue weighted by molar-refractivity contribution is 0.218. The molecule has 0 saturated carbocycles. The second-order valence-electron chi connectivity index (χ2n) is 5.18. The van der Waals surface area contributed by atoms with E-state index in [-0.39, 0.29) is 0 Å². The lowest BCUT2D eigenvalue weighted by atomic mass is 9.99. The zero-order valence-electron chi connectivity index (χ0n) is 11.8. The van der Waals surface area contributed by atoms with Gasteiger partial charge in [-0.15, -0.1) is 0 Å². The highest BCUT2D eigenvalue weighted by Crippen LogP contribution is 2.35. The maximum absolute atomic E-state index is 10.6. The first-order chi connectivity index (χ1) is 10.1. The molecule has 1 aliphatic rings. The summed E-state index contributed by atoms with van der Waals surface area (Å²) in [6, 6.07) is 11.6. The van der Waals surface area contributed by atoms with E-state index in [1.54, 1.807) is 0 Å². The van der Waals surface area contributed by atoms with Gasteiger partial charge in [0.05, 0.1) is 13.2 Å². The summed E-state index contributed by atoms with van der Waals surface area (Å²) in [4.78, 5) is 0. The summed E-state index contributed by atoms with van der Waals surface area (Å²) in [5.74, 6) is 1.44. The number of fused-ring (bicyclic) bond motifs is 1. The summed E-state index contributed by atoms with van der Waals surface area (Å²) in [5, 5.41) is 10.6. The first-order valence-corrected chi connectivity index (χ1v) is 7.78. The molecule has 1 unspecified atom stereocenters. The third kappa shape index (κ3) is 3.06. The molecular formula is C17H17BrO3. The topological polar surface area (TPSA) is 38.7 Å². The van der Waals surface area contributed by atoms with Gasteiger partial charge in [-0.2, -0.15) is 0 Å². The van der Waals surface area contributed by atoms with Gasteiger partial charge in [-0.1, -0.05) is 39.7 Å². The van der Waals surface area contributed by atoms with Crippen LogP contribution in [0, 0.1) is 6.92 Å². The Labute approximate surface area is 132 Å². The maximum Gasteiger partial charge on any atom is 0.161 e. The molecule has 0 fully saturated rings. The zero-order chi connectivity index (χ0) is 14.8. The maximum atomic E-state index is 10.6. The molecule has 1 aliphatic heterocycles. The predicted molar refractivity (Wildman–Crippen MR) is 85.0 cm³/mol. The van der Waals surface area contributed by atoms with Crippen molar-refractivity contribution in [1.82, 2.24) is 0 Å². The summed E-state index contributed by atoms with van der Waals surface area (Å²) >= 11 is 3.50. The first-order valence-electron chi connectivity index (χ1n) is 6.99. The molecule has 4 heteroatoms. The van der Waals surface area contributed by atoms with Crippen LogP contribution in [0.25, 0.3) is 0 Å². The predicted octanol–water partition coefficient (Wildman–Crippen LogP) is 4.00. The number of benzene rings is 2. The van der Waals surface area contributed by atoms with Crippen LogP contribution >= 0.6 is 15.9 Å². The van der Waals surface area contributed by atoms with E-state index < -0.39 is 6.10 Å². The Morgan fingerprint density at radius 1 is 1.05 bits per heavy atom. The van der Waals surface area contributed by atoms with Gasteiger partial charge in [-0.05, 0) is 36.2 Å². The molecular weight excluding hydrogens is 332 g/mol. The van der Waals surface area contributed by atoms with Gasteiger partial charge in [0, 0.05) is 10.9 Å². The Hall–Kier alpha value is -1.52. The van der Waals surface area contributed by atoms with Crippen LogP contribution in [0.15, 0.2) is 40.9 Å². The monoisotopic (exact) mass is 348 g/mol. The average molecular weight is 349 g/mol. The molecule has 3 nitrogen and oxygen atoms in total. The standard InChI is InChI=1S/C17H17BrO3/c1-11-3-5-14(18)13(9-11)17(19)12-4-6-15-16(10-12)21-8-2-7-20-15/h3-6,9-10,17,19H,2,7-8H2,1H3. The van der Waals surface area contributed by atoms with Crippen molar-refractivity contribution in [3.05, 3.63) is 57.6 Å². The average Bonchev–Trinajstić information content (AvgIpc) is 2.73. The summed E-state index contributed by atoms with van der Waals surface area (Å²) in [7, 11) is 0. The normalized spacial score (nSPS) is 15.4. The van der Waals surface area contributed by atoms with Crippen LogP contribution in [0.4, 0.5) is 0 Å². The van der Waals surface area contributed by atoms with Crippen LogP contribution < -0.4 is 9.47 Å². The molecule has 0 amide bonds. The van der Waals surface area contributed by atoms with Crippen molar-refractivity contribution in [3.63, 3.8) is 0 Å². The second kappa shape index (κ2) is 6.08. The first kappa shape index (κ1) is 14.4. The van der Waals surface area contributed by atoms with Crippen molar-refractivity contribution in [2.45, 2.75) is 19.4 Å². The van der Waals surface area contributed by atoms with Gasteiger partial charge in [0.25, 0.3) is 0 Å². The number of aryl methyl sites for hydroxylation is 1. The van der Waals surface area contributed by atoms with E-state index in [0.717, 1.165) is 33.3 Å². The van der Waals surface area contributed by atoms with Crippen molar-refractivity contribution in [2.75, 3.05) is 13.2 Å². The molecule has 21 heavy (non-hydrogen) atoms. The third-order valence-electron chi connectivity index (χ3n) is 3.53. The number of hydrogen-bond donors (Lipinski definition) is 1. The van der Waals surface area contributed by atoms with Crippen molar-refractivity contribution in [2.24, 2.45) is 0 Å². The van der Waals surface area contributed by atoms with Crippen molar-refractivity contribution < 1.29 is 14.6 Å². The van der Waals surface area contributed by atoms with E-state index in [9.17, 15) is 5.11 Å². The number of ether oxygens (including phenoxy) is 2. The van der Waals surface area contributed by atoms with Crippen LogP contribution in [0.1, 0.15) is 29.2 Å². The van der Waals surface area contributed by atoms with Crippen LogP contribution in [0.2, 0.25) is 0 Å². The van der Waals surface area contributed by atoms with E-state index in [0.29, 0.717) is 19.0 Å². The molecule has 0 bridgehead atoms. The molecule has 0 radical (unpaired) electrons. The number of hydrogen-bond acceptors (Lipinski definition) is 3. The summed E-state index contributed by atoms with van der Waals surface area (Å²) in [5.41, 5.74) is 2.76. The zero-order valence-corrected chi connectivity index (χ0v) is 13.4. The van der Waals surface area contributed by atoms with Gasteiger partial charge in [-0.3, -0.25) is 0 Å². The minimum Gasteiger partial charge on any atom is -0.490 e. The molecule has 1 heterocycles. The highest BCUT2D eigenvalue weighted by atomic mass is 79.9. The molecule has 0 aliphatic carbocycles. The molecule has 1 N–H and O–H groups in total. The molecule has 0 aromatic heterocycles. The molecule has 110 valence electrons. The quantitative estimate of drug-likeness (QED) is 0.891. The summed E-state index contributed by atoms with van der Waals surface area (Å²) in [6.07, 6.45) is 0.173. The Morgan fingerprint density at radius 3 is 2.62 bits per heavy atom. The largest absolute Gasteiger partial charge is 0.490 e. The van der Waals surface area contributed by atoms with Gasteiger partial charge in [0.1, 0.15) is 6.10 Å². The second-order valence-corrected chi connectivity index (χ2v) is 6.04. The van der Waals surface area contributed by atoms with E-state index in [1.807, 2.05) is 43.3 Å². The molecule has 0 saturated heterocycles. The van der Waals surface area contributed by atoms with Gasteiger partial charge < -0.3 is 14.6 Å². The van der Waals surface area contributed by atoms with Crippen molar-refractivity contribution in [1.29, 1.82) is 0 Å². The minimum atomic E-state index is -0.698. The van der Waals surface area contributed by atoms with Crippen LogP contribution in [0.3, 0.4) is 0 Å². The highest BCUT2D eigenvalue weighted by molar-refractivity contribution is 9.10. The van der Waals surface area contributed by atoms with Crippen LogP contribution in [-0.4, -0.2) is 18.3 Å². The Balaban J connectivity index is 1.96. The third-order valence-corrected chi connectivity index (χ3v) is 4.26. The lowest BCUT2D eigenvalue weighted by Gasteiger charge is -2.16. The highest BCUT2D eigenvalue weighted by Gasteiger charge is 2.17. The number of rotatable bonds is 2. The smallest absolute Gasteiger partial charge is 0.161 e. The SMILES string of the molecule is Cc1ccc(Br)c(C(O)c2ccc3c(c2)OCCCO3)c1. The molecule has 1 atom stereocenters. The molecule has 0 spiro atoms. The molecule has 2 aromatic carbocycles. The number of halogens is 1. The van der Waals surface area contributed by atoms with Crippen molar-refractivity contribution >= 4 is 15.9 Å². The van der Waals surface area contributed by atoms with E-state index in [4.69, 9.17) is 9.47 Å². The van der Waals surface area contributed by atoms with Gasteiger partial charge >= 0.3 is 0 Å². The van der Waals surface area contributed by atoms with Gasteiger partial charge in [-0.25, -0.2) is 0 Å². The lowest BCUT2D eigenvalue weighted by Crippen LogP contribution is -2.02. The number of aliphatic hydroxyl groups excluding tert-OH is 1.